The fourth-order valence-corrected chi connectivity index (χ4v) is 2.94. The Morgan fingerprint density at radius 1 is 1.17 bits per heavy atom. The Morgan fingerprint density at radius 3 is 2.70 bits per heavy atom. The Balaban J connectivity index is 1.83. The lowest BCUT2D eigenvalue weighted by molar-refractivity contribution is -0.384. The van der Waals surface area contributed by atoms with E-state index in [0.29, 0.717) is 23.2 Å². The van der Waals surface area contributed by atoms with Gasteiger partial charge in [0, 0.05) is 29.8 Å². The van der Waals surface area contributed by atoms with Crippen molar-refractivity contribution in [1.29, 1.82) is 0 Å². The van der Waals surface area contributed by atoms with Gasteiger partial charge in [0.2, 0.25) is 0 Å². The van der Waals surface area contributed by atoms with Crippen LogP contribution >= 0.6 is 0 Å². The molecule has 2 aromatic rings. The summed E-state index contributed by atoms with van der Waals surface area (Å²) in [5, 5.41) is 13.9. The first-order chi connectivity index (χ1) is 11.1. The summed E-state index contributed by atoms with van der Waals surface area (Å²) in [6, 6.07) is 7.95. The van der Waals surface area contributed by atoms with Gasteiger partial charge in [0.25, 0.3) is 5.69 Å². The monoisotopic (exact) mass is 313 g/mol. The molecule has 0 atom stereocenters. The summed E-state index contributed by atoms with van der Waals surface area (Å²) >= 11 is 0. The van der Waals surface area contributed by atoms with Crippen molar-refractivity contribution in [2.75, 3.05) is 11.1 Å². The van der Waals surface area contributed by atoms with Gasteiger partial charge in [-0.1, -0.05) is 25.3 Å². The lowest BCUT2D eigenvalue weighted by atomic mass is 9.89. The zero-order valence-electron chi connectivity index (χ0n) is 12.7. The normalized spacial score (nSPS) is 15.3. The zero-order chi connectivity index (χ0) is 16.2. The van der Waals surface area contributed by atoms with Crippen LogP contribution in [0.3, 0.4) is 0 Å². The molecule has 1 fully saturated rings. The first-order valence-electron chi connectivity index (χ1n) is 7.78. The number of nitrogens with zero attached hydrogens (tertiary/aromatic N) is 3. The summed E-state index contributed by atoms with van der Waals surface area (Å²) in [4.78, 5) is 19.3. The summed E-state index contributed by atoms with van der Waals surface area (Å²) in [5.41, 5.74) is 6.53. The lowest BCUT2D eigenvalue weighted by Crippen LogP contribution is -2.11. The van der Waals surface area contributed by atoms with E-state index in [0.717, 1.165) is 18.7 Å². The van der Waals surface area contributed by atoms with Crippen LogP contribution in [0.2, 0.25) is 0 Å². The molecule has 0 aliphatic heterocycles. The molecule has 0 saturated heterocycles. The van der Waals surface area contributed by atoms with E-state index in [-0.39, 0.29) is 5.69 Å². The van der Waals surface area contributed by atoms with Crippen molar-refractivity contribution in [3.8, 4) is 0 Å². The molecule has 0 unspecified atom stereocenters. The van der Waals surface area contributed by atoms with Crippen molar-refractivity contribution in [3.05, 3.63) is 46.3 Å². The average Bonchev–Trinajstić information content (AvgIpc) is 2.55. The standard InChI is InChI=1S/C16H19N5O2/c17-14-10-15(18-12-7-4-8-13(9-12)21(22)23)20-16(19-14)11-5-2-1-3-6-11/h4,7-11H,1-3,5-6H2,(H3,17,18,19,20). The van der Waals surface area contributed by atoms with E-state index in [9.17, 15) is 10.1 Å². The summed E-state index contributed by atoms with van der Waals surface area (Å²) in [5.74, 6) is 2.09. The highest BCUT2D eigenvalue weighted by Crippen LogP contribution is 2.32. The molecule has 1 saturated carbocycles. The van der Waals surface area contributed by atoms with E-state index in [1.54, 1.807) is 18.2 Å². The van der Waals surface area contributed by atoms with Crippen molar-refractivity contribution in [1.82, 2.24) is 9.97 Å². The first-order valence-corrected chi connectivity index (χ1v) is 7.78. The highest BCUT2D eigenvalue weighted by atomic mass is 16.6. The molecular formula is C16H19N5O2. The minimum atomic E-state index is -0.424. The van der Waals surface area contributed by atoms with Gasteiger partial charge in [0.05, 0.1) is 4.92 Å². The average molecular weight is 313 g/mol. The minimum Gasteiger partial charge on any atom is -0.384 e. The number of non-ortho nitro benzene ring substituents is 1. The number of nitro benzene ring substituents is 1. The third-order valence-corrected chi connectivity index (χ3v) is 4.06. The zero-order valence-corrected chi connectivity index (χ0v) is 12.7. The Morgan fingerprint density at radius 2 is 1.96 bits per heavy atom. The van der Waals surface area contributed by atoms with Crippen LogP contribution in [0.15, 0.2) is 30.3 Å². The molecule has 3 N–H and O–H groups in total. The Bertz CT molecular complexity index is 713. The van der Waals surface area contributed by atoms with Crippen LogP contribution in [0.1, 0.15) is 43.8 Å². The maximum atomic E-state index is 10.9. The third kappa shape index (κ3) is 3.74. The Labute approximate surface area is 134 Å². The van der Waals surface area contributed by atoms with E-state index in [1.165, 1.54) is 31.4 Å². The van der Waals surface area contributed by atoms with E-state index in [1.807, 2.05) is 0 Å². The maximum absolute atomic E-state index is 10.9. The van der Waals surface area contributed by atoms with Gasteiger partial charge in [-0.15, -0.1) is 0 Å². The van der Waals surface area contributed by atoms with Crippen molar-refractivity contribution in [2.24, 2.45) is 0 Å². The van der Waals surface area contributed by atoms with Gasteiger partial charge in [0.15, 0.2) is 0 Å². The molecule has 0 bridgehead atoms. The molecule has 7 heteroatoms. The predicted molar refractivity (Wildman–Crippen MR) is 88.6 cm³/mol. The second-order valence-electron chi connectivity index (χ2n) is 5.80. The lowest BCUT2D eigenvalue weighted by Gasteiger charge is -2.21. The van der Waals surface area contributed by atoms with Crippen molar-refractivity contribution >= 4 is 23.0 Å². The van der Waals surface area contributed by atoms with E-state index < -0.39 is 4.92 Å². The highest BCUT2D eigenvalue weighted by Gasteiger charge is 2.19. The van der Waals surface area contributed by atoms with Crippen LogP contribution < -0.4 is 11.1 Å². The van der Waals surface area contributed by atoms with Crippen LogP contribution in [-0.4, -0.2) is 14.9 Å². The molecular weight excluding hydrogens is 294 g/mol. The first kappa shape index (κ1) is 15.2. The predicted octanol–water partition coefficient (Wildman–Crippen LogP) is 3.76. The van der Waals surface area contributed by atoms with Gasteiger partial charge in [-0.2, -0.15) is 0 Å². The van der Waals surface area contributed by atoms with Crippen molar-refractivity contribution < 1.29 is 4.92 Å². The smallest absolute Gasteiger partial charge is 0.271 e. The topological polar surface area (TPSA) is 107 Å². The fraction of sp³-hybridized carbons (Fsp3) is 0.375. The van der Waals surface area contributed by atoms with Crippen LogP contribution in [0.25, 0.3) is 0 Å². The third-order valence-electron chi connectivity index (χ3n) is 4.06. The fourth-order valence-electron chi connectivity index (χ4n) is 2.94. The Hall–Kier alpha value is -2.70. The molecule has 1 aliphatic carbocycles. The SMILES string of the molecule is Nc1cc(Nc2cccc([N+](=O)[O-])c2)nc(C2CCCCC2)n1. The van der Waals surface area contributed by atoms with Crippen LogP contribution in [0.5, 0.6) is 0 Å². The van der Waals surface area contributed by atoms with Crippen LogP contribution in [-0.2, 0) is 0 Å². The van der Waals surface area contributed by atoms with Gasteiger partial charge in [-0.25, -0.2) is 9.97 Å². The number of nitrogens with two attached hydrogens (primary N) is 1. The van der Waals surface area contributed by atoms with E-state index >= 15 is 0 Å². The second kappa shape index (κ2) is 6.60. The molecule has 7 nitrogen and oxygen atoms in total. The minimum absolute atomic E-state index is 0.0320. The van der Waals surface area contributed by atoms with Gasteiger partial charge in [0.1, 0.15) is 17.5 Å². The number of nitrogens with one attached hydrogen (secondary N) is 1. The Kier molecular flexibility index (Phi) is 4.36. The van der Waals surface area contributed by atoms with E-state index in [2.05, 4.69) is 15.3 Å². The van der Waals surface area contributed by atoms with Gasteiger partial charge >= 0.3 is 0 Å². The molecule has 0 amide bonds. The highest BCUT2D eigenvalue weighted by molar-refractivity contribution is 5.61. The largest absolute Gasteiger partial charge is 0.384 e. The number of rotatable bonds is 4. The number of nitrogen functional groups attached to an aromatic ring is 1. The number of hydrogen-bond donors (Lipinski definition) is 2. The van der Waals surface area contributed by atoms with Gasteiger partial charge in [-0.05, 0) is 18.9 Å². The molecule has 0 spiro atoms. The summed E-state index contributed by atoms with van der Waals surface area (Å²) in [6.45, 7) is 0. The van der Waals surface area contributed by atoms with Gasteiger partial charge in [-0.3, -0.25) is 10.1 Å². The molecule has 1 aromatic heterocycles. The summed E-state index contributed by atoms with van der Waals surface area (Å²) in [6.07, 6.45) is 5.81. The number of hydrogen-bond acceptors (Lipinski definition) is 6. The molecule has 1 aliphatic rings. The van der Waals surface area contributed by atoms with Crippen LogP contribution in [0, 0.1) is 10.1 Å². The van der Waals surface area contributed by atoms with Crippen molar-refractivity contribution in [2.45, 2.75) is 38.0 Å². The quantitative estimate of drug-likeness (QED) is 0.657. The number of nitro groups is 1. The van der Waals surface area contributed by atoms with Gasteiger partial charge < -0.3 is 11.1 Å². The maximum Gasteiger partial charge on any atom is 0.271 e. The number of benzene rings is 1. The molecule has 23 heavy (non-hydrogen) atoms. The summed E-state index contributed by atoms with van der Waals surface area (Å²) < 4.78 is 0. The van der Waals surface area contributed by atoms with Crippen molar-refractivity contribution in [3.63, 3.8) is 0 Å². The summed E-state index contributed by atoms with van der Waals surface area (Å²) in [7, 11) is 0. The molecule has 1 aromatic carbocycles. The molecule has 120 valence electrons. The molecule has 0 radical (unpaired) electrons. The number of anilines is 3. The molecule has 3 rings (SSSR count). The van der Waals surface area contributed by atoms with Crippen LogP contribution in [0.4, 0.5) is 23.0 Å². The van der Waals surface area contributed by atoms with E-state index in [4.69, 9.17) is 5.73 Å². The second-order valence-corrected chi connectivity index (χ2v) is 5.80. The number of aromatic nitrogens is 2. The molecule has 1 heterocycles.